The first-order chi connectivity index (χ1) is 9.63. The highest BCUT2D eigenvalue weighted by molar-refractivity contribution is 9.10. The molecule has 3 aromatic rings. The topological polar surface area (TPSA) is 70.7 Å². The molecule has 2 N–H and O–H groups in total. The van der Waals surface area contributed by atoms with E-state index in [1.807, 2.05) is 25.1 Å². The van der Waals surface area contributed by atoms with Gasteiger partial charge in [-0.2, -0.15) is 0 Å². The Hall–Kier alpha value is -2.21. The van der Waals surface area contributed by atoms with E-state index in [4.69, 9.17) is 0 Å². The summed E-state index contributed by atoms with van der Waals surface area (Å²) in [5.41, 5.74) is 3.67. The van der Waals surface area contributed by atoms with Crippen LogP contribution >= 0.6 is 15.9 Å². The lowest BCUT2D eigenvalue weighted by atomic mass is 10.2. The first kappa shape index (κ1) is 12.8. The number of pyridine rings is 1. The molecule has 0 aliphatic carbocycles. The van der Waals surface area contributed by atoms with Gasteiger partial charge >= 0.3 is 0 Å². The number of aromatic nitrogens is 3. The van der Waals surface area contributed by atoms with Gasteiger partial charge in [-0.3, -0.25) is 4.79 Å². The summed E-state index contributed by atoms with van der Waals surface area (Å²) in [5.74, 6) is -0.204. The summed E-state index contributed by atoms with van der Waals surface area (Å²) in [4.78, 5) is 23.3. The molecule has 0 saturated carbocycles. The number of nitrogens with one attached hydrogen (secondary N) is 2. The van der Waals surface area contributed by atoms with Gasteiger partial charge in [0.1, 0.15) is 0 Å². The lowest BCUT2D eigenvalue weighted by Crippen LogP contribution is -2.12. The number of aromatic amines is 1. The Labute approximate surface area is 123 Å². The van der Waals surface area contributed by atoms with Crippen molar-refractivity contribution in [2.45, 2.75) is 6.92 Å². The van der Waals surface area contributed by atoms with Crippen LogP contribution in [0.15, 0.2) is 41.3 Å². The zero-order valence-electron chi connectivity index (χ0n) is 10.6. The second-order valence-electron chi connectivity index (χ2n) is 4.42. The molecule has 3 rings (SSSR count). The molecule has 20 heavy (non-hydrogen) atoms. The smallest absolute Gasteiger partial charge is 0.257 e. The number of hydrogen-bond acceptors (Lipinski definition) is 3. The third-order valence-corrected chi connectivity index (χ3v) is 3.82. The first-order valence-corrected chi connectivity index (χ1v) is 6.79. The van der Waals surface area contributed by atoms with E-state index in [-0.39, 0.29) is 5.91 Å². The van der Waals surface area contributed by atoms with Crippen LogP contribution in [0.5, 0.6) is 0 Å². The molecule has 0 bridgehead atoms. The number of fused-ring (bicyclic) bond motifs is 1. The summed E-state index contributed by atoms with van der Waals surface area (Å²) in [6.07, 6.45) is 3.07. The van der Waals surface area contributed by atoms with E-state index in [9.17, 15) is 4.79 Å². The second kappa shape index (κ2) is 5.05. The second-order valence-corrected chi connectivity index (χ2v) is 5.27. The van der Waals surface area contributed by atoms with Crippen LogP contribution in [0.2, 0.25) is 0 Å². The number of anilines is 1. The normalized spacial score (nSPS) is 10.7. The number of carbonyl (C=O) groups is 1. The molecular formula is C14H11BrN4O. The number of rotatable bonds is 2. The molecule has 100 valence electrons. The van der Waals surface area contributed by atoms with Crippen molar-refractivity contribution in [3.05, 3.63) is 52.4 Å². The van der Waals surface area contributed by atoms with Crippen LogP contribution in [0, 0.1) is 6.92 Å². The predicted octanol–water partition coefficient (Wildman–Crippen LogP) is 3.28. The molecule has 0 radical (unpaired) electrons. The molecule has 0 unspecified atom stereocenters. The zero-order chi connectivity index (χ0) is 14.1. The van der Waals surface area contributed by atoms with Crippen LogP contribution in [0.3, 0.4) is 0 Å². The lowest BCUT2D eigenvalue weighted by Gasteiger charge is -2.06. The molecule has 6 heteroatoms. The fraction of sp³-hybridized carbons (Fsp3) is 0.0714. The van der Waals surface area contributed by atoms with Gasteiger partial charge in [0.2, 0.25) is 0 Å². The zero-order valence-corrected chi connectivity index (χ0v) is 12.2. The van der Waals surface area contributed by atoms with Gasteiger partial charge in [0.25, 0.3) is 5.91 Å². The van der Waals surface area contributed by atoms with Crippen molar-refractivity contribution in [1.82, 2.24) is 15.0 Å². The third kappa shape index (κ3) is 2.42. The number of aryl methyl sites for hydroxylation is 1. The standard InChI is InChI=1S/C14H11BrN4O/c1-8-2-3-10(5-11(8)15)19-14(20)9-4-12-13(16-6-9)18-7-17-12/h2-7H,1H3,(H,19,20)(H,16,17,18). The van der Waals surface area contributed by atoms with Gasteiger partial charge in [-0.25, -0.2) is 9.97 Å². The summed E-state index contributed by atoms with van der Waals surface area (Å²) in [5, 5.41) is 2.84. The van der Waals surface area contributed by atoms with Gasteiger partial charge in [-0.15, -0.1) is 0 Å². The first-order valence-electron chi connectivity index (χ1n) is 6.00. The number of halogens is 1. The Morgan fingerprint density at radius 3 is 2.95 bits per heavy atom. The van der Waals surface area contributed by atoms with E-state index in [2.05, 4.69) is 36.2 Å². The summed E-state index contributed by atoms with van der Waals surface area (Å²) in [6.45, 7) is 1.99. The third-order valence-electron chi connectivity index (χ3n) is 2.97. The average Bonchev–Trinajstić information content (AvgIpc) is 2.90. The van der Waals surface area contributed by atoms with Gasteiger partial charge in [-0.05, 0) is 30.7 Å². The highest BCUT2D eigenvalue weighted by atomic mass is 79.9. The van der Waals surface area contributed by atoms with Crippen molar-refractivity contribution in [2.75, 3.05) is 5.32 Å². The van der Waals surface area contributed by atoms with Gasteiger partial charge in [0, 0.05) is 16.4 Å². The maximum atomic E-state index is 12.2. The largest absolute Gasteiger partial charge is 0.343 e. The van der Waals surface area contributed by atoms with Crippen molar-refractivity contribution in [1.29, 1.82) is 0 Å². The van der Waals surface area contributed by atoms with E-state index in [0.717, 1.165) is 21.2 Å². The Balaban J connectivity index is 1.86. The Bertz CT molecular complexity index is 797. The lowest BCUT2D eigenvalue weighted by molar-refractivity contribution is 0.102. The highest BCUT2D eigenvalue weighted by Crippen LogP contribution is 2.21. The Morgan fingerprint density at radius 1 is 1.30 bits per heavy atom. The molecule has 1 amide bonds. The van der Waals surface area contributed by atoms with Crippen LogP contribution < -0.4 is 5.32 Å². The van der Waals surface area contributed by atoms with Gasteiger partial charge in [0.05, 0.1) is 17.4 Å². The maximum Gasteiger partial charge on any atom is 0.257 e. The molecule has 5 nitrogen and oxygen atoms in total. The van der Waals surface area contributed by atoms with Crippen molar-refractivity contribution in [3.63, 3.8) is 0 Å². The molecular weight excluding hydrogens is 320 g/mol. The number of hydrogen-bond donors (Lipinski definition) is 2. The van der Waals surface area contributed by atoms with Crippen molar-refractivity contribution < 1.29 is 4.79 Å². The number of amides is 1. The maximum absolute atomic E-state index is 12.2. The SMILES string of the molecule is Cc1ccc(NC(=O)c2cnc3nc[nH]c3c2)cc1Br. The molecule has 2 heterocycles. The average molecular weight is 331 g/mol. The number of nitrogens with zero attached hydrogens (tertiary/aromatic N) is 2. The summed E-state index contributed by atoms with van der Waals surface area (Å²) >= 11 is 3.44. The molecule has 1 aromatic carbocycles. The minimum Gasteiger partial charge on any atom is -0.343 e. The fourth-order valence-corrected chi connectivity index (χ4v) is 2.21. The van der Waals surface area contributed by atoms with Crippen LogP contribution in [0.1, 0.15) is 15.9 Å². The van der Waals surface area contributed by atoms with Gasteiger partial charge in [-0.1, -0.05) is 22.0 Å². The predicted molar refractivity (Wildman–Crippen MR) is 80.7 cm³/mol. The highest BCUT2D eigenvalue weighted by Gasteiger charge is 2.09. The number of H-pyrrole nitrogens is 1. The van der Waals surface area contributed by atoms with Crippen molar-refractivity contribution in [2.24, 2.45) is 0 Å². The molecule has 0 spiro atoms. The summed E-state index contributed by atoms with van der Waals surface area (Å²) < 4.78 is 0.956. The van der Waals surface area contributed by atoms with Crippen LogP contribution in [0.4, 0.5) is 5.69 Å². The van der Waals surface area contributed by atoms with Crippen LogP contribution in [-0.2, 0) is 0 Å². The van der Waals surface area contributed by atoms with Crippen molar-refractivity contribution >= 4 is 38.7 Å². The van der Waals surface area contributed by atoms with E-state index in [1.165, 1.54) is 6.20 Å². The van der Waals surface area contributed by atoms with Gasteiger partial charge in [0.15, 0.2) is 5.65 Å². The molecule has 0 aliphatic heterocycles. The van der Waals surface area contributed by atoms with E-state index in [1.54, 1.807) is 12.4 Å². The number of benzene rings is 1. The molecule has 0 atom stereocenters. The molecule has 0 aliphatic rings. The molecule has 0 saturated heterocycles. The summed E-state index contributed by atoms with van der Waals surface area (Å²) in [6, 6.07) is 7.40. The minimum atomic E-state index is -0.204. The van der Waals surface area contributed by atoms with Crippen LogP contribution in [0.25, 0.3) is 11.2 Å². The van der Waals surface area contributed by atoms with Crippen molar-refractivity contribution in [3.8, 4) is 0 Å². The van der Waals surface area contributed by atoms with E-state index >= 15 is 0 Å². The quantitative estimate of drug-likeness (QED) is 0.757. The Kier molecular flexibility index (Phi) is 3.23. The van der Waals surface area contributed by atoms with Crippen LogP contribution in [-0.4, -0.2) is 20.9 Å². The number of imidazole rings is 1. The fourth-order valence-electron chi connectivity index (χ4n) is 1.83. The summed E-state index contributed by atoms with van der Waals surface area (Å²) in [7, 11) is 0. The van der Waals surface area contributed by atoms with E-state index in [0.29, 0.717) is 11.2 Å². The Morgan fingerprint density at radius 2 is 2.15 bits per heavy atom. The van der Waals surface area contributed by atoms with E-state index < -0.39 is 0 Å². The number of carbonyl (C=O) groups excluding carboxylic acids is 1. The monoisotopic (exact) mass is 330 g/mol. The minimum absolute atomic E-state index is 0.204. The van der Waals surface area contributed by atoms with Gasteiger partial charge < -0.3 is 10.3 Å². The molecule has 0 fully saturated rings. The molecule has 2 aromatic heterocycles.